The number of carbonyl (C=O) groups excluding carboxylic acids is 1. The van der Waals surface area contributed by atoms with Crippen LogP contribution in [0.2, 0.25) is 0 Å². The number of carbonyl (C=O) groups is 1. The van der Waals surface area contributed by atoms with Crippen molar-refractivity contribution >= 4 is 11.6 Å². The standard InChI is InChI=1S/C20H24N2O2/c1-15-13-17(11-12-21-15)20(23)22-18-7-9-19(10-8-18)24-14-16-5-3-2-4-6-16/h2-10,15,17,21H,11-14H2,1H3,(H,22,23)/t15-,17-/m0/s1. The summed E-state index contributed by atoms with van der Waals surface area (Å²) in [5.74, 6) is 1.00. The van der Waals surface area contributed by atoms with Crippen LogP contribution >= 0.6 is 0 Å². The molecule has 0 bridgehead atoms. The van der Waals surface area contributed by atoms with Gasteiger partial charge >= 0.3 is 0 Å². The number of amides is 1. The Hall–Kier alpha value is -2.33. The summed E-state index contributed by atoms with van der Waals surface area (Å²) in [4.78, 5) is 12.3. The third-order valence-electron chi connectivity index (χ3n) is 4.36. The lowest BCUT2D eigenvalue weighted by atomic mass is 9.92. The highest BCUT2D eigenvalue weighted by Crippen LogP contribution is 2.21. The second kappa shape index (κ2) is 7.97. The van der Waals surface area contributed by atoms with Crippen molar-refractivity contribution in [1.29, 1.82) is 0 Å². The van der Waals surface area contributed by atoms with Crippen LogP contribution in [0, 0.1) is 5.92 Å². The molecule has 2 N–H and O–H groups in total. The Morgan fingerprint density at radius 1 is 1.17 bits per heavy atom. The fourth-order valence-electron chi connectivity index (χ4n) is 2.99. The lowest BCUT2D eigenvalue weighted by molar-refractivity contribution is -0.120. The highest BCUT2D eigenvalue weighted by atomic mass is 16.5. The molecule has 0 spiro atoms. The van der Waals surface area contributed by atoms with Gasteiger partial charge < -0.3 is 15.4 Å². The van der Waals surface area contributed by atoms with Crippen molar-refractivity contribution in [2.45, 2.75) is 32.4 Å². The molecule has 24 heavy (non-hydrogen) atoms. The number of ether oxygens (including phenoxy) is 1. The number of hydrogen-bond acceptors (Lipinski definition) is 3. The van der Waals surface area contributed by atoms with Gasteiger partial charge in [0.05, 0.1) is 0 Å². The van der Waals surface area contributed by atoms with Gasteiger partial charge in [0.25, 0.3) is 0 Å². The molecule has 3 rings (SSSR count). The minimum absolute atomic E-state index is 0.0928. The van der Waals surface area contributed by atoms with Crippen LogP contribution in [0.3, 0.4) is 0 Å². The van der Waals surface area contributed by atoms with Crippen molar-refractivity contribution in [2.75, 3.05) is 11.9 Å². The van der Waals surface area contributed by atoms with E-state index in [9.17, 15) is 4.79 Å². The number of benzene rings is 2. The number of nitrogens with one attached hydrogen (secondary N) is 2. The van der Waals surface area contributed by atoms with Crippen molar-refractivity contribution in [3.8, 4) is 5.75 Å². The van der Waals surface area contributed by atoms with E-state index in [1.165, 1.54) is 0 Å². The van der Waals surface area contributed by atoms with Gasteiger partial charge in [0.1, 0.15) is 12.4 Å². The maximum atomic E-state index is 12.3. The van der Waals surface area contributed by atoms with E-state index in [1.54, 1.807) is 0 Å². The Morgan fingerprint density at radius 2 is 1.92 bits per heavy atom. The zero-order valence-electron chi connectivity index (χ0n) is 14.0. The van der Waals surface area contributed by atoms with Gasteiger partial charge in [-0.1, -0.05) is 30.3 Å². The minimum Gasteiger partial charge on any atom is -0.489 e. The molecule has 1 aliphatic heterocycles. The first kappa shape index (κ1) is 16.5. The Balaban J connectivity index is 1.51. The molecular formula is C20H24N2O2. The van der Waals surface area contributed by atoms with E-state index in [2.05, 4.69) is 17.6 Å². The van der Waals surface area contributed by atoms with Crippen LogP contribution in [0.25, 0.3) is 0 Å². The van der Waals surface area contributed by atoms with Crippen LogP contribution < -0.4 is 15.4 Å². The van der Waals surface area contributed by atoms with Crippen molar-refractivity contribution in [3.63, 3.8) is 0 Å². The molecule has 0 unspecified atom stereocenters. The smallest absolute Gasteiger partial charge is 0.227 e. The zero-order chi connectivity index (χ0) is 16.8. The lowest BCUT2D eigenvalue weighted by Gasteiger charge is -2.27. The Bertz CT molecular complexity index is 655. The molecular weight excluding hydrogens is 300 g/mol. The third kappa shape index (κ3) is 4.59. The molecule has 126 valence electrons. The molecule has 0 aliphatic carbocycles. The lowest BCUT2D eigenvalue weighted by Crippen LogP contribution is -2.40. The summed E-state index contributed by atoms with van der Waals surface area (Å²) in [5.41, 5.74) is 1.95. The molecule has 2 atom stereocenters. The summed E-state index contributed by atoms with van der Waals surface area (Å²) in [5, 5.41) is 6.38. The SMILES string of the molecule is C[C@H]1C[C@@H](C(=O)Nc2ccc(OCc3ccccc3)cc2)CCN1. The van der Waals surface area contributed by atoms with Gasteiger partial charge in [0.15, 0.2) is 0 Å². The van der Waals surface area contributed by atoms with E-state index in [4.69, 9.17) is 4.74 Å². The number of hydrogen-bond donors (Lipinski definition) is 2. The largest absolute Gasteiger partial charge is 0.489 e. The second-order valence-corrected chi connectivity index (χ2v) is 6.36. The van der Waals surface area contributed by atoms with E-state index >= 15 is 0 Å². The average Bonchev–Trinajstić information content (AvgIpc) is 2.62. The van der Waals surface area contributed by atoms with Crippen LogP contribution in [-0.2, 0) is 11.4 Å². The predicted molar refractivity (Wildman–Crippen MR) is 96.0 cm³/mol. The monoisotopic (exact) mass is 324 g/mol. The van der Waals surface area contributed by atoms with Gasteiger partial charge in [0.2, 0.25) is 5.91 Å². The number of rotatable bonds is 5. The van der Waals surface area contributed by atoms with E-state index in [0.29, 0.717) is 12.6 Å². The van der Waals surface area contributed by atoms with Crippen molar-refractivity contribution in [3.05, 3.63) is 60.2 Å². The molecule has 1 aliphatic rings. The van der Waals surface area contributed by atoms with Crippen LogP contribution in [0.5, 0.6) is 5.75 Å². The van der Waals surface area contributed by atoms with Crippen molar-refractivity contribution < 1.29 is 9.53 Å². The molecule has 4 nitrogen and oxygen atoms in total. The third-order valence-corrected chi connectivity index (χ3v) is 4.36. The van der Waals surface area contributed by atoms with E-state index in [-0.39, 0.29) is 11.8 Å². The molecule has 1 fully saturated rings. The van der Waals surface area contributed by atoms with Crippen LogP contribution in [-0.4, -0.2) is 18.5 Å². The van der Waals surface area contributed by atoms with Crippen molar-refractivity contribution in [2.24, 2.45) is 5.92 Å². The maximum absolute atomic E-state index is 12.3. The average molecular weight is 324 g/mol. The van der Waals surface area contributed by atoms with E-state index < -0.39 is 0 Å². The fraction of sp³-hybridized carbons (Fsp3) is 0.350. The molecule has 2 aromatic rings. The summed E-state index contributed by atoms with van der Waals surface area (Å²) < 4.78 is 5.76. The minimum atomic E-state index is 0.0928. The Kier molecular flexibility index (Phi) is 5.49. The topological polar surface area (TPSA) is 50.4 Å². The molecule has 0 aromatic heterocycles. The van der Waals surface area contributed by atoms with E-state index in [1.807, 2.05) is 54.6 Å². The van der Waals surface area contributed by atoms with Gasteiger partial charge in [-0.25, -0.2) is 0 Å². The summed E-state index contributed by atoms with van der Waals surface area (Å²) >= 11 is 0. The molecule has 1 saturated heterocycles. The highest BCUT2D eigenvalue weighted by Gasteiger charge is 2.24. The van der Waals surface area contributed by atoms with Gasteiger partial charge in [0, 0.05) is 17.6 Å². The summed E-state index contributed by atoms with van der Waals surface area (Å²) in [7, 11) is 0. The molecule has 0 radical (unpaired) electrons. The summed E-state index contributed by atoms with van der Waals surface area (Å²) in [6, 6.07) is 18.0. The van der Waals surface area contributed by atoms with Gasteiger partial charge in [-0.2, -0.15) is 0 Å². The molecule has 1 heterocycles. The second-order valence-electron chi connectivity index (χ2n) is 6.36. The first-order valence-corrected chi connectivity index (χ1v) is 8.52. The van der Waals surface area contributed by atoms with Crippen LogP contribution in [0.15, 0.2) is 54.6 Å². The normalized spacial score (nSPS) is 20.4. The Morgan fingerprint density at radius 3 is 2.62 bits per heavy atom. The fourth-order valence-corrected chi connectivity index (χ4v) is 2.99. The molecule has 4 heteroatoms. The van der Waals surface area contributed by atoms with Gasteiger partial charge in [-0.05, 0) is 56.1 Å². The molecule has 1 amide bonds. The predicted octanol–water partition coefficient (Wildman–Crippen LogP) is 3.59. The van der Waals surface area contributed by atoms with Gasteiger partial charge in [-0.15, -0.1) is 0 Å². The maximum Gasteiger partial charge on any atom is 0.227 e. The van der Waals surface area contributed by atoms with Crippen molar-refractivity contribution in [1.82, 2.24) is 5.32 Å². The van der Waals surface area contributed by atoms with Gasteiger partial charge in [-0.3, -0.25) is 4.79 Å². The summed E-state index contributed by atoms with van der Waals surface area (Å²) in [6.07, 6.45) is 1.79. The molecule has 2 aromatic carbocycles. The first-order chi connectivity index (χ1) is 11.7. The van der Waals surface area contributed by atoms with Crippen LogP contribution in [0.4, 0.5) is 5.69 Å². The summed E-state index contributed by atoms with van der Waals surface area (Å²) in [6.45, 7) is 3.57. The van der Waals surface area contributed by atoms with Crippen LogP contribution in [0.1, 0.15) is 25.3 Å². The van der Waals surface area contributed by atoms with E-state index in [0.717, 1.165) is 36.4 Å². The number of piperidine rings is 1. The highest BCUT2D eigenvalue weighted by molar-refractivity contribution is 5.92. The zero-order valence-corrected chi connectivity index (χ0v) is 14.0. The quantitative estimate of drug-likeness (QED) is 0.883. The number of anilines is 1. The molecule has 0 saturated carbocycles. The Labute approximate surface area is 143 Å². The first-order valence-electron chi connectivity index (χ1n) is 8.52.